The second-order valence-electron chi connectivity index (χ2n) is 4.38. The largest absolute Gasteiger partial charge is 0.428 e. The first-order valence-electron chi connectivity index (χ1n) is 6.18. The van der Waals surface area contributed by atoms with Gasteiger partial charge in [0.15, 0.2) is 0 Å². The predicted octanol–water partition coefficient (Wildman–Crippen LogP) is 0.989. The molecular formula is C12H20NO5. The normalized spacial score (nSPS) is 17.9. The predicted molar refractivity (Wildman–Crippen MR) is 63.4 cm³/mol. The Labute approximate surface area is 107 Å². The van der Waals surface area contributed by atoms with Crippen molar-refractivity contribution in [2.45, 2.75) is 38.2 Å². The average Bonchev–Trinajstić information content (AvgIpc) is 2.37. The molecule has 103 valence electrons. The van der Waals surface area contributed by atoms with E-state index in [-0.39, 0.29) is 18.4 Å². The van der Waals surface area contributed by atoms with E-state index in [9.17, 15) is 9.59 Å². The van der Waals surface area contributed by atoms with Crippen LogP contribution in [-0.2, 0) is 14.3 Å². The summed E-state index contributed by atoms with van der Waals surface area (Å²) in [6, 6.07) is 0. The monoisotopic (exact) mass is 258 g/mol. The molecule has 0 aromatic carbocycles. The maximum Gasteiger partial charge on any atom is 0.410 e. The molecule has 0 aromatic rings. The molecule has 1 fully saturated rings. The number of aliphatic hydroxyl groups excluding tert-OH is 1. The number of alkyl carbamates (subject to hydrolysis) is 1. The van der Waals surface area contributed by atoms with Crippen molar-refractivity contribution in [3.8, 4) is 0 Å². The van der Waals surface area contributed by atoms with Gasteiger partial charge in [0, 0.05) is 6.54 Å². The van der Waals surface area contributed by atoms with Crippen LogP contribution in [0.1, 0.15) is 32.1 Å². The van der Waals surface area contributed by atoms with Crippen LogP contribution in [-0.4, -0.2) is 36.6 Å². The van der Waals surface area contributed by atoms with Gasteiger partial charge in [0.2, 0.25) is 6.79 Å². The van der Waals surface area contributed by atoms with E-state index in [0.717, 1.165) is 32.1 Å². The molecule has 0 saturated heterocycles. The summed E-state index contributed by atoms with van der Waals surface area (Å²) < 4.78 is 9.48. The number of hydrogen-bond acceptors (Lipinski definition) is 5. The molecule has 1 radical (unpaired) electrons. The fraction of sp³-hybridized carbons (Fsp3) is 0.750. The molecule has 0 unspecified atom stereocenters. The Balaban J connectivity index is 2.09. The highest BCUT2D eigenvalue weighted by molar-refractivity contribution is 5.72. The standard InChI is InChI=1S/C12H20NO5/c1-9(14)7-13-12(16)18-8-17-11(15)10-5-3-2-4-6-10/h9-10,14H,1-8H2,(H,13,16)/t9-/m1/s1. The molecule has 18 heavy (non-hydrogen) atoms. The van der Waals surface area contributed by atoms with Crippen molar-refractivity contribution in [3.05, 3.63) is 6.92 Å². The molecule has 2 N–H and O–H groups in total. The third-order valence-electron chi connectivity index (χ3n) is 2.81. The summed E-state index contributed by atoms with van der Waals surface area (Å²) >= 11 is 0. The number of rotatable bonds is 5. The zero-order valence-corrected chi connectivity index (χ0v) is 10.4. The Morgan fingerprint density at radius 3 is 2.56 bits per heavy atom. The number of nitrogens with one attached hydrogen (secondary N) is 1. The van der Waals surface area contributed by atoms with E-state index in [4.69, 9.17) is 9.84 Å². The van der Waals surface area contributed by atoms with Gasteiger partial charge < -0.3 is 19.9 Å². The lowest BCUT2D eigenvalue weighted by atomic mass is 9.89. The van der Waals surface area contributed by atoms with Gasteiger partial charge in [0.25, 0.3) is 0 Å². The van der Waals surface area contributed by atoms with E-state index in [1.807, 2.05) is 0 Å². The fourth-order valence-electron chi connectivity index (χ4n) is 1.85. The summed E-state index contributed by atoms with van der Waals surface area (Å²) in [6.07, 6.45) is 3.31. The van der Waals surface area contributed by atoms with Crippen molar-refractivity contribution in [2.24, 2.45) is 5.92 Å². The first kappa shape index (κ1) is 14.8. The number of aliphatic hydroxyl groups is 1. The van der Waals surface area contributed by atoms with Crippen molar-refractivity contribution in [2.75, 3.05) is 13.3 Å². The van der Waals surface area contributed by atoms with Gasteiger partial charge in [-0.1, -0.05) is 19.3 Å². The first-order chi connectivity index (χ1) is 8.59. The smallest absolute Gasteiger partial charge is 0.410 e. The van der Waals surface area contributed by atoms with Gasteiger partial charge in [0.1, 0.15) is 0 Å². The molecule has 1 aliphatic rings. The Kier molecular flexibility index (Phi) is 6.49. The molecule has 6 heteroatoms. The summed E-state index contributed by atoms with van der Waals surface area (Å²) in [5.41, 5.74) is 0. The van der Waals surface area contributed by atoms with Crippen LogP contribution in [0.25, 0.3) is 0 Å². The Morgan fingerprint density at radius 1 is 1.28 bits per heavy atom. The molecule has 1 atom stereocenters. The Morgan fingerprint density at radius 2 is 1.94 bits per heavy atom. The van der Waals surface area contributed by atoms with E-state index in [1.165, 1.54) is 0 Å². The summed E-state index contributed by atoms with van der Waals surface area (Å²) in [5.74, 6) is -0.369. The molecule has 1 saturated carbocycles. The molecule has 6 nitrogen and oxygen atoms in total. The van der Waals surface area contributed by atoms with Crippen molar-refractivity contribution in [3.63, 3.8) is 0 Å². The molecule has 1 amide bonds. The summed E-state index contributed by atoms with van der Waals surface area (Å²) in [5, 5.41) is 11.1. The maximum atomic E-state index is 11.6. The Bertz CT molecular complexity index is 274. The van der Waals surface area contributed by atoms with Crippen molar-refractivity contribution >= 4 is 12.1 Å². The zero-order chi connectivity index (χ0) is 13.4. The van der Waals surface area contributed by atoms with Crippen LogP contribution in [0.4, 0.5) is 4.79 Å². The van der Waals surface area contributed by atoms with Gasteiger partial charge >= 0.3 is 12.1 Å². The van der Waals surface area contributed by atoms with E-state index in [0.29, 0.717) is 0 Å². The van der Waals surface area contributed by atoms with Crippen LogP contribution in [0.3, 0.4) is 0 Å². The minimum atomic E-state index is -0.887. The summed E-state index contributed by atoms with van der Waals surface area (Å²) in [7, 11) is 0. The van der Waals surface area contributed by atoms with Gasteiger partial charge in [-0.25, -0.2) is 4.79 Å². The number of carbonyl (C=O) groups excluding carboxylic acids is 2. The lowest BCUT2D eigenvalue weighted by Crippen LogP contribution is -2.32. The van der Waals surface area contributed by atoms with Gasteiger partial charge in [-0.15, -0.1) is 0 Å². The molecule has 0 bridgehead atoms. The minimum absolute atomic E-state index is 0.00456. The van der Waals surface area contributed by atoms with Crippen LogP contribution in [0.5, 0.6) is 0 Å². The van der Waals surface area contributed by atoms with Crippen LogP contribution >= 0.6 is 0 Å². The van der Waals surface area contributed by atoms with Crippen molar-refractivity contribution < 1.29 is 24.2 Å². The highest BCUT2D eigenvalue weighted by Gasteiger charge is 2.22. The molecule has 0 heterocycles. The molecular weight excluding hydrogens is 238 g/mol. The second-order valence-corrected chi connectivity index (χ2v) is 4.38. The Hall–Kier alpha value is -1.30. The quantitative estimate of drug-likeness (QED) is 0.567. The SMILES string of the molecule is [CH2][C@@H](O)CNC(=O)OCOC(=O)C1CCCCC1. The highest BCUT2D eigenvalue weighted by atomic mass is 16.7. The topological polar surface area (TPSA) is 84.9 Å². The van der Waals surface area contributed by atoms with Crippen LogP contribution in [0.2, 0.25) is 0 Å². The van der Waals surface area contributed by atoms with Crippen molar-refractivity contribution in [1.29, 1.82) is 0 Å². The molecule has 0 aromatic heterocycles. The average molecular weight is 258 g/mol. The van der Waals surface area contributed by atoms with Crippen molar-refractivity contribution in [1.82, 2.24) is 5.32 Å². The number of amides is 1. The number of hydrogen-bond donors (Lipinski definition) is 2. The first-order valence-corrected chi connectivity index (χ1v) is 6.18. The lowest BCUT2D eigenvalue weighted by Gasteiger charge is -2.19. The van der Waals surface area contributed by atoms with Gasteiger partial charge in [-0.3, -0.25) is 4.79 Å². The molecule has 0 spiro atoms. The summed E-state index contributed by atoms with van der Waals surface area (Å²) in [4.78, 5) is 22.6. The molecule has 0 aliphatic heterocycles. The van der Waals surface area contributed by atoms with Crippen LogP contribution < -0.4 is 5.32 Å². The van der Waals surface area contributed by atoms with E-state index in [1.54, 1.807) is 0 Å². The lowest BCUT2D eigenvalue weighted by molar-refractivity contribution is -0.157. The van der Waals surface area contributed by atoms with Crippen LogP contribution in [0.15, 0.2) is 0 Å². The molecule has 1 rings (SSSR count). The number of esters is 1. The highest BCUT2D eigenvalue weighted by Crippen LogP contribution is 2.24. The summed E-state index contributed by atoms with van der Waals surface area (Å²) in [6.45, 7) is 2.88. The van der Waals surface area contributed by atoms with Gasteiger partial charge in [0.05, 0.1) is 12.0 Å². The van der Waals surface area contributed by atoms with E-state index < -0.39 is 19.0 Å². The number of ether oxygens (including phenoxy) is 2. The maximum absolute atomic E-state index is 11.6. The molecule has 1 aliphatic carbocycles. The van der Waals surface area contributed by atoms with Gasteiger partial charge in [-0.2, -0.15) is 0 Å². The van der Waals surface area contributed by atoms with Gasteiger partial charge in [-0.05, 0) is 19.8 Å². The third kappa shape index (κ3) is 5.86. The van der Waals surface area contributed by atoms with E-state index >= 15 is 0 Å². The second kappa shape index (κ2) is 7.92. The minimum Gasteiger partial charge on any atom is -0.428 e. The fourth-order valence-corrected chi connectivity index (χ4v) is 1.85. The van der Waals surface area contributed by atoms with E-state index in [2.05, 4.69) is 17.0 Å². The zero-order valence-electron chi connectivity index (χ0n) is 10.4. The number of carbonyl (C=O) groups is 2. The third-order valence-corrected chi connectivity index (χ3v) is 2.81. The van der Waals surface area contributed by atoms with Crippen LogP contribution in [0, 0.1) is 12.8 Å².